The van der Waals surface area contributed by atoms with Crippen LogP contribution in [0.3, 0.4) is 0 Å². The number of carbonyl (C=O) groups excluding carboxylic acids is 1. The van der Waals surface area contributed by atoms with Crippen molar-refractivity contribution in [3.05, 3.63) is 47.4 Å². The summed E-state index contributed by atoms with van der Waals surface area (Å²) in [5.41, 5.74) is 5.11. The van der Waals surface area contributed by atoms with Gasteiger partial charge in [0.15, 0.2) is 0 Å². The number of carbonyl (C=O) groups is 1. The van der Waals surface area contributed by atoms with Crippen molar-refractivity contribution in [3.63, 3.8) is 0 Å². The van der Waals surface area contributed by atoms with Crippen LogP contribution in [-0.2, 0) is 11.8 Å². The minimum atomic E-state index is -0.362. The lowest BCUT2D eigenvalue weighted by atomic mass is 10.0. The van der Waals surface area contributed by atoms with Gasteiger partial charge in [0.2, 0.25) is 0 Å². The number of fused-ring (bicyclic) bond motifs is 1. The molecular weight excluding hydrogens is 278 g/mol. The van der Waals surface area contributed by atoms with Gasteiger partial charge in [-0.1, -0.05) is 0 Å². The number of imidazole rings is 1. The number of benzene rings is 1. The Balaban J connectivity index is 2.35. The SMILES string of the molecule is COC(=O)c1cc(-c2cncn2C)nc2cc(C)c(C)cc12. The van der Waals surface area contributed by atoms with Crippen LogP contribution in [-0.4, -0.2) is 27.6 Å². The number of esters is 1. The summed E-state index contributed by atoms with van der Waals surface area (Å²) in [6.45, 7) is 4.05. The smallest absolute Gasteiger partial charge is 0.338 e. The highest BCUT2D eigenvalue weighted by Gasteiger charge is 2.16. The zero-order chi connectivity index (χ0) is 15.9. The van der Waals surface area contributed by atoms with Crippen LogP contribution in [0.4, 0.5) is 0 Å². The second-order valence-electron chi connectivity index (χ2n) is 5.39. The van der Waals surface area contributed by atoms with Gasteiger partial charge in [-0.2, -0.15) is 0 Å². The van der Waals surface area contributed by atoms with E-state index in [9.17, 15) is 4.79 Å². The molecule has 22 heavy (non-hydrogen) atoms. The van der Waals surface area contributed by atoms with Crippen LogP contribution in [0.15, 0.2) is 30.7 Å². The fourth-order valence-corrected chi connectivity index (χ4v) is 2.50. The standard InChI is InChI=1S/C17H17N3O2/c1-10-5-12-13(17(21)22-4)7-15(16-8-18-9-20(16)3)19-14(12)6-11(10)2/h5-9H,1-4H3. The second-order valence-corrected chi connectivity index (χ2v) is 5.39. The molecule has 2 heterocycles. The Kier molecular flexibility index (Phi) is 3.41. The van der Waals surface area contributed by atoms with Crippen LogP contribution in [0.5, 0.6) is 0 Å². The maximum Gasteiger partial charge on any atom is 0.338 e. The number of aryl methyl sites for hydroxylation is 3. The average Bonchev–Trinajstić information content (AvgIpc) is 2.93. The minimum absolute atomic E-state index is 0.362. The zero-order valence-corrected chi connectivity index (χ0v) is 13.0. The Hall–Kier alpha value is -2.69. The summed E-state index contributed by atoms with van der Waals surface area (Å²) in [5, 5.41) is 0.806. The summed E-state index contributed by atoms with van der Waals surface area (Å²) in [7, 11) is 3.28. The first-order valence-electron chi connectivity index (χ1n) is 6.98. The fraction of sp³-hybridized carbons (Fsp3) is 0.235. The molecule has 0 fully saturated rings. The second kappa shape index (κ2) is 5.26. The molecule has 0 spiro atoms. The van der Waals surface area contributed by atoms with E-state index in [2.05, 4.69) is 9.97 Å². The van der Waals surface area contributed by atoms with E-state index in [0.717, 1.165) is 27.7 Å². The number of pyridine rings is 1. The average molecular weight is 295 g/mol. The molecular formula is C17H17N3O2. The number of hydrogen-bond acceptors (Lipinski definition) is 4. The Labute approximate surface area is 128 Å². The van der Waals surface area contributed by atoms with Crippen LogP contribution in [0.2, 0.25) is 0 Å². The molecule has 0 aliphatic rings. The molecule has 5 nitrogen and oxygen atoms in total. The molecule has 0 N–H and O–H groups in total. The molecule has 0 radical (unpaired) electrons. The van der Waals surface area contributed by atoms with Gasteiger partial charge in [0.1, 0.15) is 0 Å². The molecule has 0 saturated carbocycles. The van der Waals surface area contributed by atoms with Gasteiger partial charge in [0, 0.05) is 12.4 Å². The fourth-order valence-electron chi connectivity index (χ4n) is 2.50. The normalized spacial score (nSPS) is 10.9. The van der Waals surface area contributed by atoms with Gasteiger partial charge in [0.25, 0.3) is 0 Å². The van der Waals surface area contributed by atoms with Crippen molar-refractivity contribution in [2.24, 2.45) is 7.05 Å². The molecule has 5 heteroatoms. The van der Waals surface area contributed by atoms with E-state index in [-0.39, 0.29) is 5.97 Å². The quantitative estimate of drug-likeness (QED) is 0.682. The molecule has 3 aromatic rings. The summed E-state index contributed by atoms with van der Waals surface area (Å²) < 4.78 is 6.80. The lowest BCUT2D eigenvalue weighted by Crippen LogP contribution is -2.05. The number of rotatable bonds is 2. The predicted molar refractivity (Wildman–Crippen MR) is 84.8 cm³/mol. The number of hydrogen-bond donors (Lipinski definition) is 0. The summed E-state index contributed by atoms with van der Waals surface area (Å²) in [5.74, 6) is -0.362. The highest BCUT2D eigenvalue weighted by atomic mass is 16.5. The third kappa shape index (κ3) is 2.24. The van der Waals surface area contributed by atoms with Crippen molar-refractivity contribution in [2.45, 2.75) is 13.8 Å². The molecule has 2 aromatic heterocycles. The van der Waals surface area contributed by atoms with Crippen molar-refractivity contribution >= 4 is 16.9 Å². The first-order chi connectivity index (χ1) is 10.5. The molecule has 0 aliphatic carbocycles. The predicted octanol–water partition coefficient (Wildman–Crippen LogP) is 3.04. The van der Waals surface area contributed by atoms with Crippen molar-refractivity contribution < 1.29 is 9.53 Å². The number of methoxy groups -OCH3 is 1. The molecule has 0 bridgehead atoms. The topological polar surface area (TPSA) is 57.0 Å². The van der Waals surface area contributed by atoms with Crippen molar-refractivity contribution in [2.75, 3.05) is 7.11 Å². The highest BCUT2D eigenvalue weighted by Crippen LogP contribution is 2.27. The van der Waals surface area contributed by atoms with Gasteiger partial charge >= 0.3 is 5.97 Å². The number of ether oxygens (including phenoxy) is 1. The lowest BCUT2D eigenvalue weighted by Gasteiger charge is -2.11. The Morgan fingerprint density at radius 2 is 1.91 bits per heavy atom. The van der Waals surface area contributed by atoms with E-state index in [1.54, 1.807) is 18.6 Å². The van der Waals surface area contributed by atoms with E-state index in [4.69, 9.17) is 4.74 Å². The lowest BCUT2D eigenvalue weighted by molar-refractivity contribution is 0.0603. The third-order valence-corrected chi connectivity index (χ3v) is 3.91. The Morgan fingerprint density at radius 3 is 2.55 bits per heavy atom. The van der Waals surface area contributed by atoms with Crippen LogP contribution < -0.4 is 0 Å². The van der Waals surface area contributed by atoms with Crippen molar-refractivity contribution in [3.8, 4) is 11.4 Å². The van der Waals surface area contributed by atoms with E-state index in [0.29, 0.717) is 11.3 Å². The number of aromatic nitrogens is 3. The molecule has 112 valence electrons. The van der Waals surface area contributed by atoms with Gasteiger partial charge in [-0.3, -0.25) is 0 Å². The molecule has 3 rings (SSSR count). The van der Waals surface area contributed by atoms with Crippen LogP contribution in [0.25, 0.3) is 22.3 Å². The summed E-state index contributed by atoms with van der Waals surface area (Å²) in [6, 6.07) is 5.74. The molecule has 0 atom stereocenters. The number of nitrogens with zero attached hydrogens (tertiary/aromatic N) is 3. The van der Waals surface area contributed by atoms with Crippen LogP contribution >= 0.6 is 0 Å². The Bertz CT molecular complexity index is 881. The first kappa shape index (κ1) is 14.3. The van der Waals surface area contributed by atoms with Crippen LogP contribution in [0, 0.1) is 13.8 Å². The maximum absolute atomic E-state index is 12.2. The monoisotopic (exact) mass is 295 g/mol. The summed E-state index contributed by atoms with van der Waals surface area (Å²) in [4.78, 5) is 21.0. The highest BCUT2D eigenvalue weighted by molar-refractivity contribution is 6.04. The minimum Gasteiger partial charge on any atom is -0.465 e. The van der Waals surface area contributed by atoms with Gasteiger partial charge in [-0.05, 0) is 43.2 Å². The first-order valence-corrected chi connectivity index (χ1v) is 6.98. The zero-order valence-electron chi connectivity index (χ0n) is 13.0. The van der Waals surface area contributed by atoms with E-state index >= 15 is 0 Å². The third-order valence-electron chi connectivity index (χ3n) is 3.91. The largest absolute Gasteiger partial charge is 0.465 e. The molecule has 0 aliphatic heterocycles. The molecule has 0 unspecified atom stereocenters. The molecule has 0 saturated heterocycles. The maximum atomic E-state index is 12.2. The van der Waals surface area contributed by atoms with Crippen molar-refractivity contribution in [1.82, 2.24) is 14.5 Å². The van der Waals surface area contributed by atoms with Gasteiger partial charge in [-0.25, -0.2) is 14.8 Å². The molecule has 1 aromatic carbocycles. The van der Waals surface area contributed by atoms with Gasteiger partial charge in [0.05, 0.1) is 42.1 Å². The molecule has 0 amide bonds. The van der Waals surface area contributed by atoms with Crippen molar-refractivity contribution in [1.29, 1.82) is 0 Å². The van der Waals surface area contributed by atoms with Gasteiger partial charge in [-0.15, -0.1) is 0 Å². The van der Waals surface area contributed by atoms with Gasteiger partial charge < -0.3 is 9.30 Å². The Morgan fingerprint density at radius 1 is 1.18 bits per heavy atom. The summed E-state index contributed by atoms with van der Waals surface area (Å²) >= 11 is 0. The van der Waals surface area contributed by atoms with E-state index in [1.807, 2.05) is 37.6 Å². The summed E-state index contributed by atoms with van der Waals surface area (Å²) in [6.07, 6.45) is 3.44. The van der Waals surface area contributed by atoms with E-state index < -0.39 is 0 Å². The van der Waals surface area contributed by atoms with E-state index in [1.165, 1.54) is 7.11 Å². The van der Waals surface area contributed by atoms with Crippen LogP contribution in [0.1, 0.15) is 21.5 Å².